The second-order valence-corrected chi connectivity index (χ2v) is 6.36. The molecule has 0 bridgehead atoms. The minimum atomic E-state index is -1.61. The molecular weight excluding hydrogens is 397 g/mol. The van der Waals surface area contributed by atoms with E-state index in [0.717, 1.165) is 13.0 Å². The monoisotopic (exact) mass is 413 g/mol. The Morgan fingerprint density at radius 2 is 2.12 bits per heavy atom. The van der Waals surface area contributed by atoms with Crippen molar-refractivity contribution in [3.8, 4) is 0 Å². The number of hydrogen-bond donors (Lipinski definition) is 1. The lowest BCUT2D eigenvalue weighted by Gasteiger charge is -2.23. The molecule has 0 aromatic heterocycles. The van der Waals surface area contributed by atoms with Gasteiger partial charge in [0.2, 0.25) is 17.5 Å². The summed E-state index contributed by atoms with van der Waals surface area (Å²) in [6.45, 7) is 2.55. The maximum atomic E-state index is 13.5. The number of rotatable bonds is 6. The van der Waals surface area contributed by atoms with Gasteiger partial charge in [-0.2, -0.15) is 0 Å². The minimum Gasteiger partial charge on any atom is -0.456 e. The van der Waals surface area contributed by atoms with E-state index in [2.05, 4.69) is 21.2 Å². The fourth-order valence-corrected chi connectivity index (χ4v) is 2.61. The SMILES string of the molecule is CC(=O)OC1=C(NC(=O)CCCBr)OC(C)(c2cccc(F)c2)C1=O. The van der Waals surface area contributed by atoms with Crippen molar-refractivity contribution in [2.45, 2.75) is 32.3 Å². The first kappa shape index (κ1) is 19.1. The Hall–Kier alpha value is -2.22. The van der Waals surface area contributed by atoms with E-state index >= 15 is 0 Å². The van der Waals surface area contributed by atoms with Gasteiger partial charge < -0.3 is 9.47 Å². The van der Waals surface area contributed by atoms with Crippen molar-refractivity contribution >= 4 is 33.6 Å². The molecule has 1 aromatic rings. The molecule has 0 saturated carbocycles. The van der Waals surface area contributed by atoms with Crippen LogP contribution in [0, 0.1) is 5.82 Å². The Kier molecular flexibility index (Phi) is 5.94. The molecule has 2 rings (SSSR count). The molecule has 0 spiro atoms. The van der Waals surface area contributed by atoms with E-state index in [1.807, 2.05) is 0 Å². The Morgan fingerprint density at radius 3 is 2.72 bits per heavy atom. The van der Waals surface area contributed by atoms with E-state index < -0.39 is 34.8 Å². The average Bonchev–Trinajstić information content (AvgIpc) is 2.78. The van der Waals surface area contributed by atoms with Crippen LogP contribution in [0.25, 0.3) is 0 Å². The average molecular weight is 414 g/mol. The van der Waals surface area contributed by atoms with E-state index in [-0.39, 0.29) is 17.9 Å². The van der Waals surface area contributed by atoms with Crippen LogP contribution in [0.4, 0.5) is 4.39 Å². The molecule has 1 aliphatic heterocycles. The van der Waals surface area contributed by atoms with E-state index in [0.29, 0.717) is 11.8 Å². The number of esters is 1. The van der Waals surface area contributed by atoms with E-state index in [9.17, 15) is 18.8 Å². The Bertz CT molecular complexity index is 748. The molecule has 1 atom stereocenters. The molecule has 8 heteroatoms. The van der Waals surface area contributed by atoms with Crippen LogP contribution in [0.15, 0.2) is 35.9 Å². The maximum absolute atomic E-state index is 13.5. The lowest BCUT2D eigenvalue weighted by atomic mass is 9.91. The molecule has 25 heavy (non-hydrogen) atoms. The first-order chi connectivity index (χ1) is 11.8. The third kappa shape index (κ3) is 4.25. The topological polar surface area (TPSA) is 81.7 Å². The van der Waals surface area contributed by atoms with Crippen LogP contribution in [0.1, 0.15) is 32.3 Å². The van der Waals surface area contributed by atoms with Crippen molar-refractivity contribution < 1.29 is 28.2 Å². The smallest absolute Gasteiger partial charge is 0.308 e. The van der Waals surface area contributed by atoms with Crippen molar-refractivity contribution in [3.05, 3.63) is 47.3 Å². The van der Waals surface area contributed by atoms with Crippen LogP contribution in [0.2, 0.25) is 0 Å². The molecule has 0 aliphatic carbocycles. The van der Waals surface area contributed by atoms with Crippen molar-refractivity contribution in [2.24, 2.45) is 0 Å². The summed E-state index contributed by atoms with van der Waals surface area (Å²) in [4.78, 5) is 36.0. The molecule has 1 amide bonds. The van der Waals surface area contributed by atoms with Gasteiger partial charge in [-0.3, -0.25) is 19.7 Å². The van der Waals surface area contributed by atoms with E-state index in [1.54, 1.807) is 0 Å². The number of alkyl halides is 1. The molecule has 0 radical (unpaired) electrons. The van der Waals surface area contributed by atoms with Crippen LogP contribution >= 0.6 is 15.9 Å². The summed E-state index contributed by atoms with van der Waals surface area (Å²) in [6.07, 6.45) is 0.771. The molecule has 1 unspecified atom stereocenters. The highest BCUT2D eigenvalue weighted by Gasteiger charge is 2.49. The van der Waals surface area contributed by atoms with Gasteiger partial charge in [-0.25, -0.2) is 4.39 Å². The number of benzene rings is 1. The van der Waals surface area contributed by atoms with Crippen molar-refractivity contribution in [1.29, 1.82) is 0 Å². The van der Waals surface area contributed by atoms with E-state index in [1.165, 1.54) is 25.1 Å². The Balaban J connectivity index is 2.33. The number of carbonyl (C=O) groups excluding carboxylic acids is 3. The maximum Gasteiger partial charge on any atom is 0.308 e. The number of nitrogens with one attached hydrogen (secondary N) is 1. The van der Waals surface area contributed by atoms with Crippen LogP contribution in [0.3, 0.4) is 0 Å². The third-order valence-corrected chi connectivity index (χ3v) is 4.12. The number of amides is 1. The molecule has 1 aliphatic rings. The van der Waals surface area contributed by atoms with Gasteiger partial charge in [0, 0.05) is 24.2 Å². The summed E-state index contributed by atoms with van der Waals surface area (Å²) in [5.41, 5.74) is -1.36. The van der Waals surface area contributed by atoms with Crippen LogP contribution in [-0.4, -0.2) is 23.0 Å². The zero-order chi connectivity index (χ0) is 18.6. The second kappa shape index (κ2) is 7.77. The van der Waals surface area contributed by atoms with Gasteiger partial charge in [0.25, 0.3) is 5.78 Å². The lowest BCUT2D eigenvalue weighted by molar-refractivity contribution is -0.142. The highest BCUT2D eigenvalue weighted by Crippen LogP contribution is 2.38. The number of carbonyl (C=O) groups is 3. The summed E-state index contributed by atoms with van der Waals surface area (Å²) in [7, 11) is 0. The van der Waals surface area contributed by atoms with Crippen LogP contribution in [-0.2, 0) is 29.5 Å². The van der Waals surface area contributed by atoms with Gasteiger partial charge in [-0.15, -0.1) is 0 Å². The quantitative estimate of drug-likeness (QED) is 0.572. The summed E-state index contributed by atoms with van der Waals surface area (Å²) in [5, 5.41) is 3.08. The number of ketones is 1. The molecular formula is C17H17BrFNO5. The number of Topliss-reactive ketones (excluding diaryl/α,β-unsaturated/α-hetero) is 1. The molecule has 0 fully saturated rings. The Morgan fingerprint density at radius 1 is 1.40 bits per heavy atom. The van der Waals surface area contributed by atoms with E-state index in [4.69, 9.17) is 9.47 Å². The van der Waals surface area contributed by atoms with Crippen molar-refractivity contribution in [3.63, 3.8) is 0 Å². The van der Waals surface area contributed by atoms with Gasteiger partial charge in [0.15, 0.2) is 5.60 Å². The summed E-state index contributed by atoms with van der Waals surface area (Å²) in [5.74, 6) is -2.99. The lowest BCUT2D eigenvalue weighted by Crippen LogP contribution is -2.32. The summed E-state index contributed by atoms with van der Waals surface area (Å²) >= 11 is 3.22. The molecule has 1 N–H and O–H groups in total. The predicted molar refractivity (Wildman–Crippen MR) is 89.8 cm³/mol. The van der Waals surface area contributed by atoms with Crippen LogP contribution in [0.5, 0.6) is 0 Å². The van der Waals surface area contributed by atoms with Gasteiger partial charge in [0.05, 0.1) is 0 Å². The summed E-state index contributed by atoms with van der Waals surface area (Å²) < 4.78 is 24.1. The number of halogens is 2. The molecule has 134 valence electrons. The molecule has 0 saturated heterocycles. The second-order valence-electron chi connectivity index (χ2n) is 5.57. The molecule has 1 aromatic carbocycles. The number of hydrogen-bond acceptors (Lipinski definition) is 5. The fraction of sp³-hybridized carbons (Fsp3) is 0.353. The Labute approximate surface area is 152 Å². The standard InChI is InChI=1S/C17H17BrFNO5/c1-10(21)24-14-15(23)17(2,11-5-3-6-12(19)9-11)25-16(14)20-13(22)7-4-8-18/h3,5-6,9H,4,7-8H2,1-2H3,(H,20,22). The van der Waals surface area contributed by atoms with Gasteiger partial charge >= 0.3 is 5.97 Å². The normalized spacial score (nSPS) is 19.6. The largest absolute Gasteiger partial charge is 0.456 e. The zero-order valence-corrected chi connectivity index (χ0v) is 15.3. The molecule has 6 nitrogen and oxygen atoms in total. The van der Waals surface area contributed by atoms with Crippen LogP contribution < -0.4 is 5.32 Å². The summed E-state index contributed by atoms with van der Waals surface area (Å²) in [6, 6.07) is 5.33. The third-order valence-electron chi connectivity index (χ3n) is 3.56. The first-order valence-electron chi connectivity index (χ1n) is 7.56. The van der Waals surface area contributed by atoms with Gasteiger partial charge in [-0.05, 0) is 25.5 Å². The van der Waals surface area contributed by atoms with Gasteiger partial charge in [-0.1, -0.05) is 28.1 Å². The van der Waals surface area contributed by atoms with Crippen molar-refractivity contribution in [2.75, 3.05) is 5.33 Å². The highest BCUT2D eigenvalue weighted by molar-refractivity contribution is 9.09. The minimum absolute atomic E-state index is 0.191. The number of ether oxygens (including phenoxy) is 2. The molecule has 1 heterocycles. The first-order valence-corrected chi connectivity index (χ1v) is 8.68. The van der Waals surface area contributed by atoms with Gasteiger partial charge in [0.1, 0.15) is 5.82 Å². The predicted octanol–water partition coefficient (Wildman–Crippen LogP) is 2.66. The zero-order valence-electron chi connectivity index (χ0n) is 13.7. The van der Waals surface area contributed by atoms with Crippen molar-refractivity contribution in [1.82, 2.24) is 5.32 Å². The fourth-order valence-electron chi connectivity index (χ4n) is 2.33. The highest BCUT2D eigenvalue weighted by atomic mass is 79.9.